The Morgan fingerprint density at radius 2 is 1.90 bits per heavy atom. The fraction of sp³-hybridized carbons (Fsp3) is 1.00. The third-order valence-corrected chi connectivity index (χ3v) is 2.47. The van der Waals surface area contributed by atoms with Crippen LogP contribution in [0.15, 0.2) is 0 Å². The topological polar surface area (TPSA) is 9.23 Å². The van der Waals surface area contributed by atoms with E-state index in [1.165, 1.54) is 19.3 Å². The summed E-state index contributed by atoms with van der Waals surface area (Å²) in [4.78, 5) is 0. The van der Waals surface area contributed by atoms with Crippen molar-refractivity contribution in [2.45, 2.75) is 32.4 Å². The smallest absolute Gasteiger partial charge is 0.170 e. The van der Waals surface area contributed by atoms with Gasteiger partial charge < -0.3 is 4.43 Å². The van der Waals surface area contributed by atoms with Gasteiger partial charge in [0.1, 0.15) is 0 Å². The van der Waals surface area contributed by atoms with E-state index in [0.717, 1.165) is 12.4 Å². The molecule has 0 amide bonds. The average molecular weight is 178 g/mol. The second kappa shape index (κ2) is 7.63. The van der Waals surface area contributed by atoms with E-state index in [1.54, 1.807) is 0 Å². The molecule has 0 aromatic heterocycles. The summed E-state index contributed by atoms with van der Waals surface area (Å²) >= 11 is 4.13. The maximum absolute atomic E-state index is 5.50. The van der Waals surface area contributed by atoms with Crippen molar-refractivity contribution in [3.63, 3.8) is 0 Å². The summed E-state index contributed by atoms with van der Waals surface area (Å²) in [5.41, 5.74) is 0. The lowest BCUT2D eigenvalue weighted by Crippen LogP contribution is -2.08. The van der Waals surface area contributed by atoms with Gasteiger partial charge in [0, 0.05) is 6.61 Å². The van der Waals surface area contributed by atoms with Crippen molar-refractivity contribution < 1.29 is 4.43 Å². The predicted molar refractivity (Wildman–Crippen MR) is 52.5 cm³/mol. The van der Waals surface area contributed by atoms with E-state index in [9.17, 15) is 0 Å². The Labute approximate surface area is 71.3 Å². The molecule has 62 valence electrons. The Morgan fingerprint density at radius 3 is 2.40 bits per heavy atom. The van der Waals surface area contributed by atoms with E-state index >= 15 is 0 Å². The van der Waals surface area contributed by atoms with E-state index in [4.69, 9.17) is 4.43 Å². The van der Waals surface area contributed by atoms with Crippen LogP contribution in [-0.2, 0) is 4.43 Å². The molecule has 0 aromatic rings. The standard InChI is InChI=1S/C7H18OSSi/c1-10(2)8-6-4-3-5-7-9/h9-10H,3-7H2,1-2H3. The van der Waals surface area contributed by atoms with Crippen LogP contribution in [0.25, 0.3) is 0 Å². The van der Waals surface area contributed by atoms with Crippen LogP contribution < -0.4 is 0 Å². The summed E-state index contributed by atoms with van der Waals surface area (Å²) in [6, 6.07) is 0. The second-order valence-corrected chi connectivity index (χ2v) is 5.58. The Kier molecular flexibility index (Phi) is 8.03. The Bertz CT molecular complexity index is 68.6. The third kappa shape index (κ3) is 8.53. The van der Waals surface area contributed by atoms with Crippen molar-refractivity contribution in [3.05, 3.63) is 0 Å². The largest absolute Gasteiger partial charge is 0.421 e. The van der Waals surface area contributed by atoms with Crippen molar-refractivity contribution in [3.8, 4) is 0 Å². The number of hydrogen-bond acceptors (Lipinski definition) is 2. The van der Waals surface area contributed by atoms with Gasteiger partial charge in [-0.3, -0.25) is 0 Å². The summed E-state index contributed by atoms with van der Waals surface area (Å²) in [5.74, 6) is 1.01. The van der Waals surface area contributed by atoms with Crippen LogP contribution in [0.1, 0.15) is 19.3 Å². The first-order valence-corrected chi connectivity index (χ1v) is 7.41. The summed E-state index contributed by atoms with van der Waals surface area (Å²) in [7, 11) is -0.741. The van der Waals surface area contributed by atoms with Crippen LogP contribution in [0.4, 0.5) is 0 Å². The molecule has 1 nitrogen and oxygen atoms in total. The van der Waals surface area contributed by atoms with E-state index < -0.39 is 9.04 Å². The van der Waals surface area contributed by atoms with Crippen molar-refractivity contribution in [2.75, 3.05) is 12.4 Å². The summed E-state index contributed by atoms with van der Waals surface area (Å²) in [6.07, 6.45) is 3.71. The number of rotatable bonds is 6. The normalized spacial score (nSPS) is 10.8. The molecule has 0 aromatic carbocycles. The van der Waals surface area contributed by atoms with Gasteiger partial charge in [0.2, 0.25) is 0 Å². The Morgan fingerprint density at radius 1 is 1.20 bits per heavy atom. The minimum absolute atomic E-state index is 0.741. The molecule has 0 spiro atoms. The van der Waals surface area contributed by atoms with Crippen molar-refractivity contribution in [1.29, 1.82) is 0 Å². The Hall–Kier alpha value is 0.527. The fourth-order valence-electron chi connectivity index (χ4n) is 0.710. The highest BCUT2D eigenvalue weighted by Crippen LogP contribution is 1.97. The zero-order chi connectivity index (χ0) is 7.82. The SMILES string of the molecule is C[SiH](C)OCCCCCS. The Balaban J connectivity index is 2.77. The van der Waals surface area contributed by atoms with E-state index in [-0.39, 0.29) is 0 Å². The quantitative estimate of drug-likeness (QED) is 0.372. The summed E-state index contributed by atoms with van der Waals surface area (Å²) in [6.45, 7) is 5.38. The molecule has 0 aliphatic carbocycles. The van der Waals surface area contributed by atoms with Gasteiger partial charge in [-0.25, -0.2) is 0 Å². The number of thiol groups is 1. The molecule has 3 heteroatoms. The molecule has 0 bridgehead atoms. The van der Waals surface area contributed by atoms with Crippen molar-refractivity contribution >= 4 is 21.7 Å². The molecule has 0 aliphatic heterocycles. The van der Waals surface area contributed by atoms with Gasteiger partial charge in [-0.1, -0.05) is 6.42 Å². The summed E-state index contributed by atoms with van der Waals surface area (Å²) in [5, 5.41) is 0. The lowest BCUT2D eigenvalue weighted by Gasteiger charge is -2.04. The van der Waals surface area contributed by atoms with Crippen molar-refractivity contribution in [1.82, 2.24) is 0 Å². The van der Waals surface area contributed by atoms with Gasteiger partial charge >= 0.3 is 0 Å². The first kappa shape index (κ1) is 10.5. The lowest BCUT2D eigenvalue weighted by molar-refractivity contribution is 0.314. The van der Waals surface area contributed by atoms with Crippen LogP contribution in [0.3, 0.4) is 0 Å². The highest BCUT2D eigenvalue weighted by Gasteiger charge is 1.93. The lowest BCUT2D eigenvalue weighted by atomic mass is 10.3. The second-order valence-electron chi connectivity index (χ2n) is 2.70. The molecule has 0 heterocycles. The molecule has 0 atom stereocenters. The maximum Gasteiger partial charge on any atom is 0.170 e. The average Bonchev–Trinajstić information content (AvgIpc) is 1.87. The van der Waals surface area contributed by atoms with Crippen LogP contribution >= 0.6 is 12.6 Å². The number of hydrogen-bond donors (Lipinski definition) is 1. The van der Waals surface area contributed by atoms with Gasteiger partial charge in [-0.2, -0.15) is 12.6 Å². The fourth-order valence-corrected chi connectivity index (χ4v) is 1.57. The van der Waals surface area contributed by atoms with Gasteiger partial charge in [0.15, 0.2) is 9.04 Å². The first-order valence-electron chi connectivity index (χ1n) is 4.00. The van der Waals surface area contributed by atoms with E-state index in [0.29, 0.717) is 0 Å². The van der Waals surface area contributed by atoms with Gasteiger partial charge in [-0.15, -0.1) is 0 Å². The molecular weight excluding hydrogens is 160 g/mol. The van der Waals surface area contributed by atoms with Gasteiger partial charge in [0.25, 0.3) is 0 Å². The molecular formula is C7H18OSSi. The van der Waals surface area contributed by atoms with E-state index in [1.807, 2.05) is 0 Å². The molecule has 0 N–H and O–H groups in total. The van der Waals surface area contributed by atoms with E-state index in [2.05, 4.69) is 25.7 Å². The van der Waals surface area contributed by atoms with Gasteiger partial charge in [-0.05, 0) is 31.7 Å². The molecule has 10 heavy (non-hydrogen) atoms. The van der Waals surface area contributed by atoms with Crippen LogP contribution in [0.2, 0.25) is 13.1 Å². The first-order chi connectivity index (χ1) is 4.77. The molecule has 0 saturated carbocycles. The molecule has 0 saturated heterocycles. The third-order valence-electron chi connectivity index (χ3n) is 1.25. The molecule has 0 aliphatic rings. The highest BCUT2D eigenvalue weighted by molar-refractivity contribution is 7.80. The molecule has 0 fully saturated rings. The van der Waals surface area contributed by atoms with Gasteiger partial charge in [0.05, 0.1) is 0 Å². The van der Waals surface area contributed by atoms with Crippen LogP contribution in [0, 0.1) is 0 Å². The zero-order valence-electron chi connectivity index (χ0n) is 6.97. The maximum atomic E-state index is 5.50. The predicted octanol–water partition coefficient (Wildman–Crippen LogP) is 2.09. The minimum atomic E-state index is -0.741. The molecule has 0 radical (unpaired) electrons. The molecule has 0 unspecified atom stereocenters. The monoisotopic (exact) mass is 178 g/mol. The summed E-state index contributed by atoms with van der Waals surface area (Å²) < 4.78 is 5.50. The minimum Gasteiger partial charge on any atom is -0.421 e. The van der Waals surface area contributed by atoms with Crippen LogP contribution in [0.5, 0.6) is 0 Å². The zero-order valence-corrected chi connectivity index (χ0v) is 9.02. The number of unbranched alkanes of at least 4 members (excludes halogenated alkanes) is 2. The van der Waals surface area contributed by atoms with Crippen molar-refractivity contribution in [2.24, 2.45) is 0 Å². The highest BCUT2D eigenvalue weighted by atomic mass is 32.1. The molecule has 0 rings (SSSR count). The van der Waals surface area contributed by atoms with Crippen LogP contribution in [-0.4, -0.2) is 21.4 Å².